The van der Waals surface area contributed by atoms with Gasteiger partial charge in [-0.15, -0.1) is 11.3 Å². The number of likely N-dealkylation sites (tertiary alicyclic amines) is 1. The molecular weight excluding hydrogens is 250 g/mol. The Bertz CT molecular complexity index is 464. The zero-order valence-electron chi connectivity index (χ0n) is 10.3. The second kappa shape index (κ2) is 4.97. The lowest BCUT2D eigenvalue weighted by atomic mass is 9.97. The van der Waals surface area contributed by atoms with Crippen molar-refractivity contribution in [2.75, 3.05) is 18.8 Å². The first-order valence-corrected chi connectivity index (χ1v) is 6.75. The van der Waals surface area contributed by atoms with Gasteiger partial charge in [0, 0.05) is 23.7 Å². The largest absolute Gasteiger partial charge is 0.398 e. The molecule has 1 atom stereocenters. The van der Waals surface area contributed by atoms with Crippen molar-refractivity contribution in [1.29, 1.82) is 0 Å². The molecule has 1 aliphatic rings. The van der Waals surface area contributed by atoms with E-state index >= 15 is 0 Å². The van der Waals surface area contributed by atoms with E-state index < -0.39 is 0 Å². The summed E-state index contributed by atoms with van der Waals surface area (Å²) in [5.41, 5.74) is 11.7. The number of nitrogen functional groups attached to an aromatic ring is 1. The van der Waals surface area contributed by atoms with Crippen LogP contribution in [-0.4, -0.2) is 29.8 Å². The lowest BCUT2D eigenvalue weighted by Gasteiger charge is -2.30. The molecule has 2 rings (SSSR count). The molecule has 4 N–H and O–H groups in total. The maximum Gasteiger partial charge on any atom is 0.264 e. The molecule has 1 aromatic heterocycles. The van der Waals surface area contributed by atoms with Gasteiger partial charge in [0.05, 0.1) is 10.8 Å². The van der Waals surface area contributed by atoms with Gasteiger partial charge in [0.1, 0.15) is 0 Å². The molecule has 0 aliphatic carbocycles. The van der Waals surface area contributed by atoms with Crippen molar-refractivity contribution in [2.45, 2.75) is 19.8 Å². The highest BCUT2D eigenvalue weighted by Crippen LogP contribution is 2.26. The fourth-order valence-electron chi connectivity index (χ4n) is 2.15. The monoisotopic (exact) mass is 267 g/mol. The smallest absolute Gasteiger partial charge is 0.264 e. The first-order valence-electron chi connectivity index (χ1n) is 5.93. The van der Waals surface area contributed by atoms with Crippen LogP contribution in [-0.2, 0) is 4.79 Å². The molecule has 0 saturated carbocycles. The predicted octanol–water partition coefficient (Wildman–Crippen LogP) is 0.976. The van der Waals surface area contributed by atoms with Gasteiger partial charge in [0.2, 0.25) is 5.91 Å². The third-order valence-corrected chi connectivity index (χ3v) is 4.33. The van der Waals surface area contributed by atoms with E-state index in [-0.39, 0.29) is 17.7 Å². The molecule has 98 valence electrons. The number of nitrogens with two attached hydrogens (primary N) is 2. The number of carbonyl (C=O) groups is 2. The van der Waals surface area contributed by atoms with Crippen LogP contribution in [0, 0.1) is 12.8 Å². The van der Waals surface area contributed by atoms with Crippen molar-refractivity contribution in [2.24, 2.45) is 11.7 Å². The molecule has 6 heteroatoms. The fraction of sp³-hybridized carbons (Fsp3) is 0.500. The average Bonchev–Trinajstić information content (AvgIpc) is 2.69. The van der Waals surface area contributed by atoms with Crippen molar-refractivity contribution in [1.82, 2.24) is 4.90 Å². The minimum atomic E-state index is -0.325. The highest BCUT2D eigenvalue weighted by molar-refractivity contribution is 7.14. The molecule has 1 aromatic rings. The Morgan fingerprint density at radius 1 is 1.50 bits per heavy atom. The van der Waals surface area contributed by atoms with E-state index in [4.69, 9.17) is 11.5 Å². The molecule has 2 heterocycles. The molecule has 1 fully saturated rings. The summed E-state index contributed by atoms with van der Waals surface area (Å²) in [4.78, 5) is 26.7. The Morgan fingerprint density at radius 3 is 2.78 bits per heavy atom. The number of aryl methyl sites for hydroxylation is 1. The standard InChI is InChI=1S/C12H17N3O2S/c1-7-9(13)5-10(18-7)12(17)15-4-2-3-8(6-15)11(14)16/h5,8H,2-4,6,13H2,1H3,(H2,14,16). The Kier molecular flexibility index (Phi) is 3.56. The second-order valence-corrected chi connectivity index (χ2v) is 5.87. The molecule has 5 nitrogen and oxygen atoms in total. The lowest BCUT2D eigenvalue weighted by Crippen LogP contribution is -2.43. The van der Waals surface area contributed by atoms with Gasteiger partial charge in [-0.25, -0.2) is 0 Å². The Labute approximate surface area is 110 Å². The normalized spacial score (nSPS) is 19.8. The topological polar surface area (TPSA) is 89.4 Å². The Hall–Kier alpha value is -1.56. The summed E-state index contributed by atoms with van der Waals surface area (Å²) >= 11 is 1.39. The molecule has 0 aromatic carbocycles. The summed E-state index contributed by atoms with van der Waals surface area (Å²) in [7, 11) is 0. The van der Waals surface area contributed by atoms with Gasteiger partial charge in [-0.05, 0) is 25.8 Å². The summed E-state index contributed by atoms with van der Waals surface area (Å²) in [6, 6.07) is 1.70. The van der Waals surface area contributed by atoms with Crippen LogP contribution in [0.3, 0.4) is 0 Å². The zero-order valence-corrected chi connectivity index (χ0v) is 11.1. The quantitative estimate of drug-likeness (QED) is 0.837. The van der Waals surface area contributed by atoms with E-state index in [0.717, 1.165) is 17.7 Å². The van der Waals surface area contributed by atoms with Crippen molar-refractivity contribution in [3.8, 4) is 0 Å². The second-order valence-electron chi connectivity index (χ2n) is 4.61. The van der Waals surface area contributed by atoms with Crippen LogP contribution in [0.4, 0.5) is 5.69 Å². The predicted molar refractivity (Wildman–Crippen MR) is 71.3 cm³/mol. The average molecular weight is 267 g/mol. The maximum atomic E-state index is 12.3. The first kappa shape index (κ1) is 12.9. The van der Waals surface area contributed by atoms with Gasteiger partial charge in [0.25, 0.3) is 5.91 Å². The molecule has 1 aliphatic heterocycles. The summed E-state index contributed by atoms with van der Waals surface area (Å²) < 4.78 is 0. The minimum absolute atomic E-state index is 0.0502. The van der Waals surface area contributed by atoms with E-state index in [0.29, 0.717) is 23.7 Å². The van der Waals surface area contributed by atoms with Crippen LogP contribution in [0.1, 0.15) is 27.4 Å². The molecule has 0 spiro atoms. The lowest BCUT2D eigenvalue weighted by molar-refractivity contribution is -0.123. The third kappa shape index (κ3) is 2.48. The van der Waals surface area contributed by atoms with Crippen LogP contribution in [0.5, 0.6) is 0 Å². The van der Waals surface area contributed by atoms with Crippen molar-refractivity contribution < 1.29 is 9.59 Å². The number of hydrogen-bond acceptors (Lipinski definition) is 4. The third-order valence-electron chi connectivity index (χ3n) is 3.28. The van der Waals surface area contributed by atoms with Crippen LogP contribution >= 0.6 is 11.3 Å². The molecule has 1 unspecified atom stereocenters. The fourth-order valence-corrected chi connectivity index (χ4v) is 3.06. The van der Waals surface area contributed by atoms with Crippen molar-refractivity contribution in [3.05, 3.63) is 15.8 Å². The Morgan fingerprint density at radius 2 is 2.22 bits per heavy atom. The summed E-state index contributed by atoms with van der Waals surface area (Å²) in [6.45, 7) is 2.99. The SMILES string of the molecule is Cc1sc(C(=O)N2CCCC(C(N)=O)C2)cc1N. The van der Waals surface area contributed by atoms with Crippen molar-refractivity contribution in [3.63, 3.8) is 0 Å². The van der Waals surface area contributed by atoms with Gasteiger partial charge >= 0.3 is 0 Å². The molecule has 1 saturated heterocycles. The molecule has 18 heavy (non-hydrogen) atoms. The molecule has 2 amide bonds. The van der Waals surface area contributed by atoms with Crippen LogP contribution in [0.2, 0.25) is 0 Å². The number of anilines is 1. The number of rotatable bonds is 2. The van der Waals surface area contributed by atoms with E-state index in [9.17, 15) is 9.59 Å². The van der Waals surface area contributed by atoms with Gasteiger partial charge in [0.15, 0.2) is 0 Å². The number of piperidine rings is 1. The summed E-state index contributed by atoms with van der Waals surface area (Å²) in [5, 5.41) is 0. The highest BCUT2D eigenvalue weighted by atomic mass is 32.1. The van der Waals surface area contributed by atoms with E-state index in [2.05, 4.69) is 0 Å². The number of primary amides is 1. The number of hydrogen-bond donors (Lipinski definition) is 2. The zero-order chi connectivity index (χ0) is 13.3. The first-order chi connectivity index (χ1) is 8.49. The van der Waals surface area contributed by atoms with Crippen LogP contribution in [0.15, 0.2) is 6.07 Å². The molecule has 0 bridgehead atoms. The number of carbonyl (C=O) groups excluding carboxylic acids is 2. The summed E-state index contributed by atoms with van der Waals surface area (Å²) in [6.07, 6.45) is 1.59. The number of thiophene rings is 1. The van der Waals surface area contributed by atoms with Crippen LogP contribution < -0.4 is 11.5 Å². The molecular formula is C12H17N3O2S. The number of nitrogens with zero attached hydrogens (tertiary/aromatic N) is 1. The van der Waals surface area contributed by atoms with Gasteiger partial charge in [-0.3, -0.25) is 9.59 Å². The maximum absolute atomic E-state index is 12.3. The van der Waals surface area contributed by atoms with Gasteiger partial charge in [-0.1, -0.05) is 0 Å². The number of amides is 2. The van der Waals surface area contributed by atoms with Gasteiger partial charge < -0.3 is 16.4 Å². The van der Waals surface area contributed by atoms with E-state index in [1.807, 2.05) is 6.92 Å². The molecule has 0 radical (unpaired) electrons. The van der Waals surface area contributed by atoms with Crippen molar-refractivity contribution >= 4 is 28.8 Å². The van der Waals surface area contributed by atoms with Crippen LogP contribution in [0.25, 0.3) is 0 Å². The Balaban J connectivity index is 2.11. The highest BCUT2D eigenvalue weighted by Gasteiger charge is 2.28. The van der Waals surface area contributed by atoms with E-state index in [1.165, 1.54) is 11.3 Å². The van der Waals surface area contributed by atoms with Gasteiger partial charge in [-0.2, -0.15) is 0 Å². The van der Waals surface area contributed by atoms with E-state index in [1.54, 1.807) is 11.0 Å². The minimum Gasteiger partial charge on any atom is -0.398 e. The summed E-state index contributed by atoms with van der Waals surface area (Å²) in [5.74, 6) is -0.596.